The Hall–Kier alpha value is -2.33. The van der Waals surface area contributed by atoms with Crippen molar-refractivity contribution in [2.24, 2.45) is 0 Å². The Labute approximate surface area is 194 Å². The lowest BCUT2D eigenvalue weighted by Gasteiger charge is -2.26. The molecule has 0 unspecified atom stereocenters. The van der Waals surface area contributed by atoms with E-state index in [2.05, 4.69) is 15.2 Å². The van der Waals surface area contributed by atoms with Gasteiger partial charge in [-0.2, -0.15) is 4.39 Å². The van der Waals surface area contributed by atoms with E-state index < -0.39 is 16.0 Å². The minimum Gasteiger partial charge on any atom is -0.379 e. The fourth-order valence-electron chi connectivity index (χ4n) is 4.09. The van der Waals surface area contributed by atoms with Gasteiger partial charge in [0.25, 0.3) is 0 Å². The lowest BCUT2D eigenvalue weighted by Crippen LogP contribution is -2.37. The fourth-order valence-corrected chi connectivity index (χ4v) is 4.93. The van der Waals surface area contributed by atoms with E-state index in [1.807, 2.05) is 18.2 Å². The maximum absolute atomic E-state index is 14.2. The number of pyridine rings is 1. The molecule has 1 aromatic carbocycles. The van der Waals surface area contributed by atoms with E-state index in [1.165, 1.54) is 35.7 Å². The van der Waals surface area contributed by atoms with Crippen LogP contribution in [0.2, 0.25) is 0 Å². The highest BCUT2D eigenvalue weighted by Crippen LogP contribution is 2.25. The predicted octanol–water partition coefficient (Wildman–Crippen LogP) is 3.14. The Morgan fingerprint density at radius 1 is 1.15 bits per heavy atom. The lowest BCUT2D eigenvalue weighted by atomic mass is 9.93. The van der Waals surface area contributed by atoms with Gasteiger partial charge in [0, 0.05) is 55.6 Å². The standard InChI is InChI=1S/C24H31FN4O3S/c1-33(30,31)29-18-20(22-9-2-3-10-23(22)29)17-28(16-19-6-5-11-27-24(19)25)13-15-32-14-12-26-21-7-4-8-21/h2-3,5-6,9-11,18,21,26H,4,7-8,12-17H2,1H3. The van der Waals surface area contributed by atoms with E-state index in [1.54, 1.807) is 24.4 Å². The average molecular weight is 475 g/mol. The number of para-hydroxylation sites is 1. The molecule has 1 fully saturated rings. The van der Waals surface area contributed by atoms with Crippen molar-refractivity contribution in [1.29, 1.82) is 0 Å². The summed E-state index contributed by atoms with van der Waals surface area (Å²) in [5, 5.41) is 4.34. The summed E-state index contributed by atoms with van der Waals surface area (Å²) in [7, 11) is -3.45. The summed E-state index contributed by atoms with van der Waals surface area (Å²) >= 11 is 0. The SMILES string of the molecule is CS(=O)(=O)n1cc(CN(CCOCCNC2CCC2)Cc2cccnc2F)c2ccccc21. The summed E-state index contributed by atoms with van der Waals surface area (Å²) in [5.41, 5.74) is 2.00. The number of hydrogen-bond donors (Lipinski definition) is 1. The van der Waals surface area contributed by atoms with Gasteiger partial charge in [-0.05, 0) is 30.5 Å². The molecule has 4 rings (SSSR count). The lowest BCUT2D eigenvalue weighted by molar-refractivity contribution is 0.0964. The van der Waals surface area contributed by atoms with Crippen LogP contribution in [0.1, 0.15) is 30.4 Å². The largest absolute Gasteiger partial charge is 0.379 e. The molecule has 1 N–H and O–H groups in total. The second-order valence-corrected chi connectivity index (χ2v) is 10.4. The smallest absolute Gasteiger partial charge is 0.236 e. The maximum atomic E-state index is 14.2. The van der Waals surface area contributed by atoms with Gasteiger partial charge in [-0.3, -0.25) is 4.90 Å². The van der Waals surface area contributed by atoms with Crippen molar-refractivity contribution >= 4 is 20.9 Å². The van der Waals surface area contributed by atoms with Gasteiger partial charge < -0.3 is 10.1 Å². The second kappa shape index (κ2) is 10.7. The zero-order valence-corrected chi connectivity index (χ0v) is 19.7. The normalized spacial score (nSPS) is 14.8. The van der Waals surface area contributed by atoms with E-state index in [9.17, 15) is 12.8 Å². The Kier molecular flexibility index (Phi) is 7.75. The number of nitrogens with one attached hydrogen (secondary N) is 1. The molecule has 0 aliphatic heterocycles. The van der Waals surface area contributed by atoms with Crippen LogP contribution in [0, 0.1) is 5.95 Å². The third kappa shape index (κ3) is 6.17. The second-order valence-electron chi connectivity index (χ2n) is 8.59. The molecular weight excluding hydrogens is 443 g/mol. The zero-order chi connectivity index (χ0) is 23.3. The first-order valence-corrected chi connectivity index (χ1v) is 13.2. The number of fused-ring (bicyclic) bond motifs is 1. The molecule has 1 saturated carbocycles. The number of hydrogen-bond acceptors (Lipinski definition) is 6. The van der Waals surface area contributed by atoms with Crippen LogP contribution < -0.4 is 5.32 Å². The molecule has 2 aromatic heterocycles. The molecule has 0 amide bonds. The molecule has 0 bridgehead atoms. The van der Waals surface area contributed by atoms with Gasteiger partial charge in [0.1, 0.15) is 0 Å². The molecule has 0 saturated heterocycles. The molecule has 1 aliphatic carbocycles. The van der Waals surface area contributed by atoms with Gasteiger partial charge in [0.15, 0.2) is 0 Å². The number of benzene rings is 1. The summed E-state index contributed by atoms with van der Waals surface area (Å²) < 4.78 is 46.0. The minimum absolute atomic E-state index is 0.349. The van der Waals surface area contributed by atoms with E-state index >= 15 is 0 Å². The predicted molar refractivity (Wildman–Crippen MR) is 127 cm³/mol. The summed E-state index contributed by atoms with van der Waals surface area (Å²) in [6, 6.07) is 11.5. The number of nitrogens with zero attached hydrogens (tertiary/aromatic N) is 3. The Balaban J connectivity index is 1.46. The van der Waals surface area contributed by atoms with Crippen LogP contribution >= 0.6 is 0 Å². The maximum Gasteiger partial charge on any atom is 0.236 e. The van der Waals surface area contributed by atoms with Gasteiger partial charge in [-0.25, -0.2) is 17.4 Å². The Bertz CT molecular complexity index is 1180. The molecule has 33 heavy (non-hydrogen) atoms. The highest BCUT2D eigenvalue weighted by molar-refractivity contribution is 7.89. The van der Waals surface area contributed by atoms with Gasteiger partial charge >= 0.3 is 0 Å². The Morgan fingerprint density at radius 3 is 2.67 bits per heavy atom. The van der Waals surface area contributed by atoms with Crippen molar-refractivity contribution in [2.75, 3.05) is 32.6 Å². The molecule has 0 radical (unpaired) electrons. The summed E-state index contributed by atoms with van der Waals surface area (Å²) in [6.07, 6.45) is 8.07. The molecule has 0 atom stereocenters. The van der Waals surface area contributed by atoms with Crippen molar-refractivity contribution in [2.45, 2.75) is 38.4 Å². The molecule has 178 valence electrons. The van der Waals surface area contributed by atoms with Crippen molar-refractivity contribution < 1.29 is 17.5 Å². The number of ether oxygens (including phenoxy) is 1. The van der Waals surface area contributed by atoms with E-state index in [0.29, 0.717) is 50.0 Å². The summed E-state index contributed by atoms with van der Waals surface area (Å²) in [6.45, 7) is 3.33. The van der Waals surface area contributed by atoms with Crippen molar-refractivity contribution in [3.63, 3.8) is 0 Å². The van der Waals surface area contributed by atoms with Gasteiger partial charge in [0.2, 0.25) is 16.0 Å². The summed E-state index contributed by atoms with van der Waals surface area (Å²) in [5.74, 6) is -0.494. The highest BCUT2D eigenvalue weighted by atomic mass is 32.2. The van der Waals surface area contributed by atoms with E-state index in [-0.39, 0.29) is 0 Å². The number of aromatic nitrogens is 2. The summed E-state index contributed by atoms with van der Waals surface area (Å²) in [4.78, 5) is 5.82. The molecule has 2 heterocycles. The first kappa shape index (κ1) is 23.8. The van der Waals surface area contributed by atoms with Crippen molar-refractivity contribution in [3.05, 3.63) is 65.9 Å². The minimum atomic E-state index is -3.45. The quantitative estimate of drug-likeness (QED) is 0.321. The van der Waals surface area contributed by atoms with Crippen LogP contribution in [-0.4, -0.2) is 60.9 Å². The number of halogens is 1. The molecule has 3 aromatic rings. The van der Waals surface area contributed by atoms with Gasteiger partial charge in [-0.15, -0.1) is 0 Å². The molecule has 1 aliphatic rings. The van der Waals surface area contributed by atoms with Gasteiger partial charge in [-0.1, -0.05) is 30.7 Å². The monoisotopic (exact) mass is 474 g/mol. The van der Waals surface area contributed by atoms with Crippen LogP contribution in [0.25, 0.3) is 10.9 Å². The molecular formula is C24H31FN4O3S. The van der Waals surface area contributed by atoms with Crippen LogP contribution in [0.3, 0.4) is 0 Å². The van der Waals surface area contributed by atoms with Crippen LogP contribution in [0.4, 0.5) is 4.39 Å². The van der Waals surface area contributed by atoms with E-state index in [4.69, 9.17) is 4.74 Å². The molecule has 7 nitrogen and oxygen atoms in total. The van der Waals surface area contributed by atoms with Crippen LogP contribution in [0.15, 0.2) is 48.8 Å². The van der Waals surface area contributed by atoms with Gasteiger partial charge in [0.05, 0.1) is 25.0 Å². The van der Waals surface area contributed by atoms with Crippen LogP contribution in [0.5, 0.6) is 0 Å². The number of rotatable bonds is 12. The topological polar surface area (TPSA) is 76.5 Å². The van der Waals surface area contributed by atoms with E-state index in [0.717, 1.165) is 17.5 Å². The first-order chi connectivity index (χ1) is 15.9. The van der Waals surface area contributed by atoms with Crippen molar-refractivity contribution in [3.8, 4) is 0 Å². The van der Waals surface area contributed by atoms with Crippen molar-refractivity contribution in [1.82, 2.24) is 19.2 Å². The molecule has 9 heteroatoms. The third-order valence-corrected chi connectivity index (χ3v) is 7.10. The zero-order valence-electron chi connectivity index (χ0n) is 18.9. The third-order valence-electron chi connectivity index (χ3n) is 6.08. The molecule has 0 spiro atoms. The fraction of sp³-hybridized carbons (Fsp3) is 0.458. The average Bonchev–Trinajstić information content (AvgIpc) is 3.12. The Morgan fingerprint density at radius 2 is 1.94 bits per heavy atom. The van der Waals surface area contributed by atoms with Crippen LogP contribution in [-0.2, 0) is 27.8 Å². The highest BCUT2D eigenvalue weighted by Gasteiger charge is 2.18. The first-order valence-electron chi connectivity index (χ1n) is 11.3.